The molecule has 0 unspecified atom stereocenters. The zero-order valence-corrected chi connectivity index (χ0v) is 19.2. The van der Waals surface area contributed by atoms with Gasteiger partial charge in [-0.05, 0) is 17.5 Å². The molecule has 8 heteroatoms. The Balaban J connectivity index is 0. The predicted octanol–water partition coefficient (Wildman–Crippen LogP) is 2.91. The molecule has 0 aliphatic carbocycles. The van der Waals surface area contributed by atoms with Gasteiger partial charge in [-0.2, -0.15) is 0 Å². The molecule has 0 radical (unpaired) electrons. The quantitative estimate of drug-likeness (QED) is 0.763. The van der Waals surface area contributed by atoms with Crippen molar-refractivity contribution in [2.24, 2.45) is 11.1 Å². The van der Waals surface area contributed by atoms with Gasteiger partial charge in [0.25, 0.3) is 0 Å². The second-order valence-electron chi connectivity index (χ2n) is 7.77. The number of hydrogen-bond acceptors (Lipinski definition) is 4. The number of carbonyl (C=O) groups is 1. The monoisotopic (exact) mass is 440 g/mol. The highest BCUT2D eigenvalue weighted by atomic mass is 35.5. The van der Waals surface area contributed by atoms with E-state index in [1.54, 1.807) is 4.90 Å². The fourth-order valence-corrected chi connectivity index (χ4v) is 2.88. The van der Waals surface area contributed by atoms with Crippen LogP contribution in [0.15, 0.2) is 30.3 Å². The largest absolute Gasteiger partial charge is 0.369 e. The normalized spacial score (nSPS) is 15.7. The van der Waals surface area contributed by atoms with Gasteiger partial charge in [-0.25, -0.2) is 0 Å². The minimum absolute atomic E-state index is 0. The van der Waals surface area contributed by atoms with Gasteiger partial charge < -0.3 is 15.5 Å². The van der Waals surface area contributed by atoms with Crippen molar-refractivity contribution in [3.63, 3.8) is 0 Å². The Morgan fingerprint density at radius 3 is 2.07 bits per heavy atom. The number of anilines is 1. The lowest BCUT2D eigenvalue weighted by Crippen LogP contribution is -2.52. The maximum atomic E-state index is 12.4. The molecule has 0 saturated carbocycles. The van der Waals surface area contributed by atoms with Gasteiger partial charge in [0.05, 0.1) is 6.04 Å². The first-order valence-electron chi connectivity index (χ1n) is 8.82. The topological polar surface area (TPSA) is 52.8 Å². The van der Waals surface area contributed by atoms with Crippen LogP contribution >= 0.6 is 37.2 Å². The summed E-state index contributed by atoms with van der Waals surface area (Å²) in [6, 6.07) is 10.1. The molecular formula is C19H35Cl3N4O. The average molecular weight is 442 g/mol. The van der Waals surface area contributed by atoms with Crippen molar-refractivity contribution < 1.29 is 4.79 Å². The minimum Gasteiger partial charge on any atom is -0.369 e. The summed E-state index contributed by atoms with van der Waals surface area (Å²) in [5, 5.41) is 0. The first-order chi connectivity index (χ1) is 11.3. The molecule has 1 aliphatic heterocycles. The van der Waals surface area contributed by atoms with Crippen LogP contribution in [0.2, 0.25) is 0 Å². The van der Waals surface area contributed by atoms with Crippen LogP contribution in [0.5, 0.6) is 0 Å². The van der Waals surface area contributed by atoms with Crippen LogP contribution in [-0.4, -0.2) is 68.1 Å². The van der Waals surface area contributed by atoms with E-state index in [9.17, 15) is 4.79 Å². The van der Waals surface area contributed by atoms with E-state index >= 15 is 0 Å². The van der Waals surface area contributed by atoms with Crippen molar-refractivity contribution in [3.05, 3.63) is 30.3 Å². The van der Waals surface area contributed by atoms with Gasteiger partial charge >= 0.3 is 0 Å². The third kappa shape index (κ3) is 8.44. The molecule has 0 spiro atoms. The van der Waals surface area contributed by atoms with Gasteiger partial charge in [0.15, 0.2) is 0 Å². The molecule has 27 heavy (non-hydrogen) atoms. The molecule has 2 rings (SSSR count). The lowest BCUT2D eigenvalue weighted by atomic mass is 9.86. The van der Waals surface area contributed by atoms with Crippen molar-refractivity contribution in [1.82, 2.24) is 9.80 Å². The number of halogens is 3. The van der Waals surface area contributed by atoms with Gasteiger partial charge in [-0.3, -0.25) is 9.69 Å². The Labute approximate surface area is 182 Å². The van der Waals surface area contributed by atoms with Crippen LogP contribution in [0.1, 0.15) is 20.8 Å². The van der Waals surface area contributed by atoms with E-state index in [1.165, 1.54) is 5.69 Å². The SMILES string of the molecule is CN(CCN1CCN(c2ccccc2)CC1)C(=O)[C@@H](N)C(C)(C)C.Cl.Cl.Cl. The maximum Gasteiger partial charge on any atom is 0.239 e. The predicted molar refractivity (Wildman–Crippen MR) is 122 cm³/mol. The molecule has 1 atom stereocenters. The number of para-hydroxylation sites is 1. The number of nitrogens with zero attached hydrogens (tertiary/aromatic N) is 3. The summed E-state index contributed by atoms with van der Waals surface area (Å²) < 4.78 is 0. The Bertz CT molecular complexity index is 532. The van der Waals surface area contributed by atoms with E-state index in [0.29, 0.717) is 0 Å². The van der Waals surface area contributed by atoms with E-state index in [-0.39, 0.29) is 48.5 Å². The van der Waals surface area contributed by atoms with E-state index in [2.05, 4.69) is 40.1 Å². The molecular weight excluding hydrogens is 407 g/mol. The summed E-state index contributed by atoms with van der Waals surface area (Å²) in [5.41, 5.74) is 7.17. The highest BCUT2D eigenvalue weighted by Gasteiger charge is 2.29. The van der Waals surface area contributed by atoms with E-state index < -0.39 is 6.04 Å². The smallest absolute Gasteiger partial charge is 0.239 e. The van der Waals surface area contributed by atoms with Gasteiger partial charge in [-0.1, -0.05) is 39.0 Å². The third-order valence-electron chi connectivity index (χ3n) is 4.82. The number of nitrogens with two attached hydrogens (primary N) is 1. The van der Waals surface area contributed by atoms with Crippen LogP contribution in [0.25, 0.3) is 0 Å². The summed E-state index contributed by atoms with van der Waals surface area (Å²) in [7, 11) is 1.86. The second-order valence-corrected chi connectivity index (χ2v) is 7.77. The van der Waals surface area contributed by atoms with Crippen molar-refractivity contribution >= 4 is 48.8 Å². The summed E-state index contributed by atoms with van der Waals surface area (Å²) in [6.07, 6.45) is 0. The third-order valence-corrected chi connectivity index (χ3v) is 4.82. The van der Waals surface area contributed by atoms with Crippen molar-refractivity contribution in [2.45, 2.75) is 26.8 Å². The molecule has 1 aromatic rings. The zero-order valence-electron chi connectivity index (χ0n) is 16.8. The fourth-order valence-electron chi connectivity index (χ4n) is 2.88. The molecule has 1 heterocycles. The Kier molecular flexibility index (Phi) is 13.4. The van der Waals surface area contributed by atoms with E-state index in [4.69, 9.17) is 5.73 Å². The molecule has 158 valence electrons. The molecule has 0 bridgehead atoms. The molecule has 0 aromatic heterocycles. The number of carbonyl (C=O) groups excluding carboxylic acids is 1. The molecule has 5 nitrogen and oxygen atoms in total. The minimum atomic E-state index is -0.447. The highest BCUT2D eigenvalue weighted by molar-refractivity contribution is 5.86. The average Bonchev–Trinajstić information content (AvgIpc) is 2.58. The Morgan fingerprint density at radius 1 is 1.07 bits per heavy atom. The summed E-state index contributed by atoms with van der Waals surface area (Å²) >= 11 is 0. The number of hydrogen-bond donors (Lipinski definition) is 1. The van der Waals surface area contributed by atoms with Crippen molar-refractivity contribution in [1.29, 1.82) is 0 Å². The number of piperazine rings is 1. The zero-order chi connectivity index (χ0) is 17.7. The van der Waals surface area contributed by atoms with Crippen molar-refractivity contribution in [3.8, 4) is 0 Å². The van der Waals surface area contributed by atoms with E-state index in [0.717, 1.165) is 39.3 Å². The molecule has 1 saturated heterocycles. The first kappa shape index (κ1) is 28.5. The van der Waals surface area contributed by atoms with Crippen molar-refractivity contribution in [2.75, 3.05) is 51.2 Å². The molecule has 2 N–H and O–H groups in total. The maximum absolute atomic E-state index is 12.4. The Morgan fingerprint density at radius 2 is 1.59 bits per heavy atom. The summed E-state index contributed by atoms with van der Waals surface area (Å²) in [4.78, 5) is 19.0. The summed E-state index contributed by atoms with van der Waals surface area (Å²) in [5.74, 6) is 0.0328. The standard InChI is InChI=1S/C19H32N4O.3ClH/c1-19(2,3)17(20)18(24)21(4)10-11-22-12-14-23(15-13-22)16-8-6-5-7-9-16;;;/h5-9,17H,10-15,20H2,1-4H3;3*1H/t17-;;;/m1.../s1. The lowest BCUT2D eigenvalue weighted by molar-refractivity contribution is -0.133. The fraction of sp³-hybridized carbons (Fsp3) is 0.632. The van der Waals surface area contributed by atoms with Crippen LogP contribution in [0.4, 0.5) is 5.69 Å². The Hall–Kier alpha value is -0.720. The molecule has 1 amide bonds. The van der Waals surface area contributed by atoms with Crippen LogP contribution < -0.4 is 10.6 Å². The first-order valence-corrected chi connectivity index (χ1v) is 8.82. The number of benzene rings is 1. The van der Waals surface area contributed by atoms with Crippen LogP contribution in [0, 0.1) is 5.41 Å². The van der Waals surface area contributed by atoms with E-state index in [1.807, 2.05) is 27.8 Å². The van der Waals surface area contributed by atoms with Crippen LogP contribution in [-0.2, 0) is 4.79 Å². The number of likely N-dealkylation sites (N-methyl/N-ethyl adjacent to an activating group) is 1. The molecule has 1 fully saturated rings. The highest BCUT2D eigenvalue weighted by Crippen LogP contribution is 2.19. The number of rotatable bonds is 5. The molecule has 1 aliphatic rings. The van der Waals surface area contributed by atoms with Gasteiger partial charge in [0, 0.05) is 52.0 Å². The number of amides is 1. The van der Waals surface area contributed by atoms with Gasteiger partial charge in [0.2, 0.25) is 5.91 Å². The summed E-state index contributed by atoms with van der Waals surface area (Å²) in [6.45, 7) is 11.8. The second kappa shape index (κ2) is 12.7. The van der Waals surface area contributed by atoms with Gasteiger partial charge in [-0.15, -0.1) is 37.2 Å². The lowest BCUT2D eigenvalue weighted by Gasteiger charge is -2.37. The molecule has 1 aromatic carbocycles. The van der Waals surface area contributed by atoms with Gasteiger partial charge in [0.1, 0.15) is 0 Å². The van der Waals surface area contributed by atoms with Crippen LogP contribution in [0.3, 0.4) is 0 Å².